The molecule has 0 spiro atoms. The van der Waals surface area contributed by atoms with E-state index in [2.05, 4.69) is 5.32 Å². The average molecular weight is 493 g/mol. The van der Waals surface area contributed by atoms with Crippen molar-refractivity contribution in [2.24, 2.45) is 5.41 Å². The van der Waals surface area contributed by atoms with Crippen molar-refractivity contribution in [2.45, 2.75) is 36.6 Å². The molecule has 3 saturated carbocycles. The number of benzene rings is 3. The highest BCUT2D eigenvalue weighted by atomic mass is 19.2. The summed E-state index contributed by atoms with van der Waals surface area (Å²) in [5.41, 5.74) is 3.22. The first-order valence-corrected chi connectivity index (χ1v) is 11.7. The molecule has 0 aromatic heterocycles. The van der Waals surface area contributed by atoms with Crippen molar-refractivity contribution in [1.29, 1.82) is 0 Å². The van der Waals surface area contributed by atoms with Gasteiger partial charge in [0.2, 0.25) is 0 Å². The maximum absolute atomic E-state index is 13.7. The molecule has 3 aromatic carbocycles. The Morgan fingerprint density at radius 3 is 2.00 bits per heavy atom. The Morgan fingerprint density at radius 2 is 1.47 bits per heavy atom. The summed E-state index contributed by atoms with van der Waals surface area (Å²) in [5.74, 6) is -5.42. The summed E-state index contributed by atoms with van der Waals surface area (Å²) < 4.78 is 46.3. The minimum atomic E-state index is -1.53. The third-order valence-corrected chi connectivity index (χ3v) is 8.13. The molecule has 184 valence electrons. The molecular formula is C28H22F3NO4. The summed E-state index contributed by atoms with van der Waals surface area (Å²) in [6.45, 7) is 0.0528. The molecule has 3 fully saturated rings. The van der Waals surface area contributed by atoms with Crippen LogP contribution < -0.4 is 5.32 Å². The van der Waals surface area contributed by atoms with E-state index in [9.17, 15) is 27.9 Å². The van der Waals surface area contributed by atoms with E-state index < -0.39 is 46.4 Å². The fraction of sp³-hybridized carbons (Fsp3) is 0.286. The van der Waals surface area contributed by atoms with E-state index in [-0.39, 0.29) is 12.5 Å². The van der Waals surface area contributed by atoms with Crippen LogP contribution in [0.5, 0.6) is 0 Å². The highest BCUT2D eigenvalue weighted by Gasteiger charge is 2.72. The van der Waals surface area contributed by atoms with Gasteiger partial charge in [-0.1, -0.05) is 48.5 Å². The van der Waals surface area contributed by atoms with E-state index in [1.165, 1.54) is 0 Å². The quantitative estimate of drug-likeness (QED) is 0.444. The van der Waals surface area contributed by atoms with Crippen molar-refractivity contribution in [3.63, 3.8) is 0 Å². The van der Waals surface area contributed by atoms with Crippen LogP contribution in [0.2, 0.25) is 0 Å². The van der Waals surface area contributed by atoms with Gasteiger partial charge in [-0.3, -0.25) is 0 Å². The van der Waals surface area contributed by atoms with Gasteiger partial charge in [0.05, 0.1) is 0 Å². The highest BCUT2D eigenvalue weighted by Crippen LogP contribution is 2.75. The Morgan fingerprint density at radius 1 is 0.944 bits per heavy atom. The molecule has 0 saturated heterocycles. The van der Waals surface area contributed by atoms with Crippen molar-refractivity contribution >= 4 is 12.1 Å². The second-order valence-electron chi connectivity index (χ2n) is 10.2. The summed E-state index contributed by atoms with van der Waals surface area (Å²) in [5, 5.41) is 12.3. The number of hydrogen-bond acceptors (Lipinski definition) is 3. The lowest BCUT2D eigenvalue weighted by atomic mass is 9.31. The van der Waals surface area contributed by atoms with E-state index in [4.69, 9.17) is 4.74 Å². The van der Waals surface area contributed by atoms with Crippen LogP contribution in [-0.2, 0) is 14.9 Å². The van der Waals surface area contributed by atoms with Crippen molar-refractivity contribution in [1.82, 2.24) is 5.32 Å². The highest BCUT2D eigenvalue weighted by molar-refractivity contribution is 5.82. The predicted octanol–water partition coefficient (Wildman–Crippen LogP) is 5.52. The van der Waals surface area contributed by atoms with Crippen LogP contribution in [-0.4, -0.2) is 29.8 Å². The van der Waals surface area contributed by atoms with E-state index in [0.29, 0.717) is 24.8 Å². The number of alkyl carbamates (subject to hydrolysis) is 1. The average Bonchev–Trinajstić information content (AvgIpc) is 3.12. The van der Waals surface area contributed by atoms with Gasteiger partial charge in [0.25, 0.3) is 0 Å². The first-order valence-electron chi connectivity index (χ1n) is 11.7. The van der Waals surface area contributed by atoms with Crippen LogP contribution in [0.4, 0.5) is 18.0 Å². The maximum atomic E-state index is 13.7. The lowest BCUT2D eigenvalue weighted by Gasteiger charge is -2.72. The van der Waals surface area contributed by atoms with E-state index >= 15 is 0 Å². The summed E-state index contributed by atoms with van der Waals surface area (Å²) in [4.78, 5) is 24.7. The van der Waals surface area contributed by atoms with Crippen molar-refractivity contribution in [3.05, 3.63) is 94.8 Å². The Hall–Kier alpha value is -3.81. The predicted molar refractivity (Wildman–Crippen MR) is 124 cm³/mol. The third-order valence-electron chi connectivity index (χ3n) is 8.13. The zero-order valence-corrected chi connectivity index (χ0v) is 19.1. The molecule has 2 N–H and O–H groups in total. The van der Waals surface area contributed by atoms with Gasteiger partial charge in [-0.2, -0.15) is 0 Å². The molecule has 0 radical (unpaired) electrons. The fourth-order valence-electron chi connectivity index (χ4n) is 6.58. The van der Waals surface area contributed by atoms with Gasteiger partial charge in [-0.25, -0.2) is 22.8 Å². The lowest BCUT2D eigenvalue weighted by Crippen LogP contribution is -2.73. The number of aliphatic carboxylic acids is 1. The third kappa shape index (κ3) is 3.23. The normalized spacial score (nSPS) is 24.1. The zero-order valence-electron chi connectivity index (χ0n) is 19.1. The molecular weight excluding hydrogens is 471 g/mol. The first kappa shape index (κ1) is 22.6. The monoisotopic (exact) mass is 493 g/mol. The Balaban J connectivity index is 1.13. The van der Waals surface area contributed by atoms with Crippen molar-refractivity contribution < 1.29 is 32.6 Å². The van der Waals surface area contributed by atoms with Crippen molar-refractivity contribution in [3.8, 4) is 11.1 Å². The molecule has 4 aliphatic carbocycles. The van der Waals surface area contributed by atoms with Gasteiger partial charge < -0.3 is 15.2 Å². The number of halogens is 3. The number of fused-ring (bicyclic) bond motifs is 3. The number of carboxylic acid groups (broad SMARTS) is 1. The smallest absolute Gasteiger partial charge is 0.407 e. The summed E-state index contributed by atoms with van der Waals surface area (Å²) >= 11 is 0. The molecule has 5 nitrogen and oxygen atoms in total. The van der Waals surface area contributed by atoms with Gasteiger partial charge in [0.15, 0.2) is 17.5 Å². The van der Waals surface area contributed by atoms with Gasteiger partial charge in [0, 0.05) is 11.3 Å². The minimum Gasteiger partial charge on any atom is -0.480 e. The van der Waals surface area contributed by atoms with Crippen LogP contribution >= 0.6 is 0 Å². The van der Waals surface area contributed by atoms with Gasteiger partial charge in [0.1, 0.15) is 12.6 Å². The summed E-state index contributed by atoms with van der Waals surface area (Å²) in [6.07, 6.45) is 0.142. The summed E-state index contributed by atoms with van der Waals surface area (Å²) in [6, 6.07) is 16.5. The van der Waals surface area contributed by atoms with Gasteiger partial charge in [-0.15, -0.1) is 0 Å². The molecule has 1 unspecified atom stereocenters. The second kappa shape index (κ2) is 7.85. The Bertz CT molecular complexity index is 1330. The fourth-order valence-corrected chi connectivity index (χ4v) is 6.58. The molecule has 4 aliphatic rings. The molecule has 1 atom stereocenters. The number of nitrogens with one attached hydrogen (secondary N) is 1. The van der Waals surface area contributed by atoms with Crippen LogP contribution in [0.3, 0.4) is 0 Å². The molecule has 0 aliphatic heterocycles. The number of carbonyl (C=O) groups excluding carboxylic acids is 1. The van der Waals surface area contributed by atoms with E-state index in [1.54, 1.807) is 0 Å². The SMILES string of the molecule is O=C(NC(C(=O)O)C12CC(c3cc(F)c(F)c(F)c3)(C1)C2)OCC1c2ccccc2-c2ccccc21. The minimum absolute atomic E-state index is 0.0528. The molecule has 1 amide bonds. The molecule has 8 heteroatoms. The molecule has 2 bridgehead atoms. The second-order valence-corrected chi connectivity index (χ2v) is 10.2. The Kier molecular flexibility index (Phi) is 4.94. The van der Waals surface area contributed by atoms with Crippen LogP contribution in [0, 0.1) is 22.9 Å². The van der Waals surface area contributed by atoms with Crippen LogP contribution in [0.15, 0.2) is 60.7 Å². The van der Waals surface area contributed by atoms with Gasteiger partial charge >= 0.3 is 12.1 Å². The number of amides is 1. The zero-order chi connectivity index (χ0) is 25.2. The molecule has 0 heterocycles. The number of rotatable bonds is 6. The maximum Gasteiger partial charge on any atom is 0.407 e. The van der Waals surface area contributed by atoms with E-state index in [0.717, 1.165) is 34.4 Å². The van der Waals surface area contributed by atoms with Crippen molar-refractivity contribution in [2.75, 3.05) is 6.61 Å². The van der Waals surface area contributed by atoms with E-state index in [1.807, 2.05) is 48.5 Å². The molecule has 7 rings (SSSR count). The topological polar surface area (TPSA) is 75.6 Å². The standard InChI is InChI=1S/C28H22F3NO4/c29-21-9-15(10-22(30)23(21)31)27-12-28(13-27,14-27)24(25(33)34)32-26(35)36-11-20-18-7-3-1-5-16(18)17-6-2-4-8-19(17)20/h1-10,20,24H,11-14H2,(H,32,35)(H,33,34). The number of hydrogen-bond donors (Lipinski definition) is 2. The summed E-state index contributed by atoms with van der Waals surface area (Å²) in [7, 11) is 0. The van der Waals surface area contributed by atoms with Crippen LogP contribution in [0.25, 0.3) is 11.1 Å². The number of carboxylic acids is 1. The van der Waals surface area contributed by atoms with Gasteiger partial charge in [-0.05, 0) is 64.6 Å². The van der Waals surface area contributed by atoms with Crippen LogP contribution in [0.1, 0.15) is 41.9 Å². The first-order chi connectivity index (χ1) is 17.2. The Labute approximate surface area is 204 Å². The lowest BCUT2D eigenvalue weighted by molar-refractivity contribution is -0.183. The number of ether oxygens (including phenoxy) is 1. The largest absolute Gasteiger partial charge is 0.480 e. The molecule has 36 heavy (non-hydrogen) atoms. The number of carbonyl (C=O) groups is 2. The molecule has 3 aromatic rings.